The first-order valence-corrected chi connectivity index (χ1v) is 7.35. The van der Waals surface area contributed by atoms with Crippen molar-refractivity contribution in [3.05, 3.63) is 20.8 Å². The van der Waals surface area contributed by atoms with Crippen LogP contribution in [0.4, 0.5) is 0 Å². The Morgan fingerprint density at radius 3 is 2.56 bits per heavy atom. The first-order valence-electron chi connectivity index (χ1n) is 5.61. The normalized spacial score (nSPS) is 17.1. The van der Waals surface area contributed by atoms with Crippen molar-refractivity contribution in [1.29, 1.82) is 0 Å². The van der Waals surface area contributed by atoms with Crippen LogP contribution in [0.3, 0.4) is 0 Å². The molecule has 0 spiro atoms. The van der Waals surface area contributed by atoms with E-state index in [0.717, 1.165) is 17.5 Å². The summed E-state index contributed by atoms with van der Waals surface area (Å²) in [5, 5.41) is 7.66. The van der Waals surface area contributed by atoms with Gasteiger partial charge in [-0.25, -0.2) is 0 Å². The number of ether oxygens (including phenoxy) is 1. The highest BCUT2D eigenvalue weighted by molar-refractivity contribution is 9.10. The average molecular weight is 306 g/mol. The van der Waals surface area contributed by atoms with E-state index < -0.39 is 0 Å². The quantitative estimate of drug-likeness (QED) is 0.858. The van der Waals surface area contributed by atoms with Crippen LogP contribution in [0.15, 0.2) is 15.2 Å². The number of hydrogen-bond acceptors (Lipinski definition) is 3. The highest BCUT2D eigenvalue weighted by atomic mass is 79.9. The van der Waals surface area contributed by atoms with Gasteiger partial charge < -0.3 is 10.1 Å². The van der Waals surface area contributed by atoms with Crippen LogP contribution in [-0.4, -0.2) is 19.3 Å². The number of thiophene rings is 1. The zero-order valence-electron chi connectivity index (χ0n) is 10.3. The van der Waals surface area contributed by atoms with Crippen molar-refractivity contribution in [3.63, 3.8) is 0 Å². The minimum atomic E-state index is -0.160. The maximum Gasteiger partial charge on any atom is 0.0846 e. The lowest BCUT2D eigenvalue weighted by atomic mass is 9.89. The van der Waals surface area contributed by atoms with Gasteiger partial charge in [0.1, 0.15) is 0 Å². The molecular weight excluding hydrogens is 286 g/mol. The molecule has 1 rings (SSSR count). The monoisotopic (exact) mass is 305 g/mol. The average Bonchev–Trinajstić information content (AvgIpc) is 2.66. The molecule has 92 valence electrons. The maximum atomic E-state index is 5.93. The van der Waals surface area contributed by atoms with E-state index in [2.05, 4.69) is 45.9 Å². The molecule has 0 aliphatic rings. The van der Waals surface area contributed by atoms with Crippen molar-refractivity contribution in [2.75, 3.05) is 13.7 Å². The predicted molar refractivity (Wildman–Crippen MR) is 74.1 cm³/mol. The third-order valence-corrected chi connectivity index (χ3v) is 4.78. The summed E-state index contributed by atoms with van der Waals surface area (Å²) in [5.74, 6) is 0. The molecule has 0 amide bonds. The molecule has 1 N–H and O–H groups in total. The number of halogens is 1. The maximum absolute atomic E-state index is 5.93. The Bertz CT molecular complexity index is 329. The summed E-state index contributed by atoms with van der Waals surface area (Å²) >= 11 is 5.31. The lowest BCUT2D eigenvalue weighted by molar-refractivity contribution is -0.0547. The van der Waals surface area contributed by atoms with Crippen LogP contribution >= 0.6 is 27.3 Å². The van der Waals surface area contributed by atoms with Gasteiger partial charge in [-0.1, -0.05) is 6.92 Å². The summed E-state index contributed by atoms with van der Waals surface area (Å²) in [6.07, 6.45) is 0.981. The second-order valence-corrected chi connectivity index (χ2v) is 5.59. The SMILES string of the molecule is CCOC(C)(CC)C(NC)c1cscc1Br. The zero-order valence-corrected chi connectivity index (χ0v) is 12.7. The zero-order chi connectivity index (χ0) is 12.2. The second-order valence-electron chi connectivity index (χ2n) is 4.00. The molecule has 1 heterocycles. The van der Waals surface area contributed by atoms with Crippen LogP contribution in [0, 0.1) is 0 Å². The molecule has 16 heavy (non-hydrogen) atoms. The molecule has 2 unspecified atom stereocenters. The van der Waals surface area contributed by atoms with Gasteiger partial charge in [0.15, 0.2) is 0 Å². The fourth-order valence-electron chi connectivity index (χ4n) is 2.01. The van der Waals surface area contributed by atoms with E-state index in [1.807, 2.05) is 14.0 Å². The van der Waals surface area contributed by atoms with Gasteiger partial charge in [0.25, 0.3) is 0 Å². The molecule has 0 saturated heterocycles. The van der Waals surface area contributed by atoms with E-state index in [4.69, 9.17) is 4.74 Å². The Morgan fingerprint density at radius 1 is 1.50 bits per heavy atom. The van der Waals surface area contributed by atoms with Gasteiger partial charge in [-0.3, -0.25) is 0 Å². The predicted octanol–water partition coefficient (Wildman–Crippen LogP) is 3.98. The molecule has 4 heteroatoms. The third kappa shape index (κ3) is 2.86. The molecule has 1 aromatic heterocycles. The Morgan fingerprint density at radius 2 is 2.19 bits per heavy atom. The molecule has 1 aromatic rings. The largest absolute Gasteiger partial charge is 0.374 e. The molecule has 0 saturated carbocycles. The van der Waals surface area contributed by atoms with E-state index in [9.17, 15) is 0 Å². The number of rotatable bonds is 6. The van der Waals surface area contributed by atoms with Crippen molar-refractivity contribution < 1.29 is 4.74 Å². The van der Waals surface area contributed by atoms with E-state index in [1.165, 1.54) is 5.56 Å². The summed E-state index contributed by atoms with van der Waals surface area (Å²) < 4.78 is 7.09. The standard InChI is InChI=1S/C12H20BrNOS/c1-5-12(3,15-6-2)11(14-4)9-7-16-8-10(9)13/h7-8,11,14H,5-6H2,1-4H3. The number of likely N-dealkylation sites (N-methyl/N-ethyl adjacent to an activating group) is 1. The van der Waals surface area contributed by atoms with Gasteiger partial charge in [-0.05, 0) is 54.2 Å². The van der Waals surface area contributed by atoms with Gasteiger partial charge in [0.2, 0.25) is 0 Å². The van der Waals surface area contributed by atoms with E-state index in [-0.39, 0.29) is 11.6 Å². The van der Waals surface area contributed by atoms with Crippen LogP contribution in [-0.2, 0) is 4.74 Å². The van der Waals surface area contributed by atoms with Gasteiger partial charge >= 0.3 is 0 Å². The van der Waals surface area contributed by atoms with Gasteiger partial charge in [-0.15, -0.1) is 0 Å². The topological polar surface area (TPSA) is 21.3 Å². The lowest BCUT2D eigenvalue weighted by Gasteiger charge is -2.36. The third-order valence-electron chi connectivity index (χ3n) is 3.03. The van der Waals surface area contributed by atoms with Crippen molar-refractivity contribution >= 4 is 27.3 Å². The molecule has 2 atom stereocenters. The van der Waals surface area contributed by atoms with Crippen LogP contribution in [0.2, 0.25) is 0 Å². The smallest absolute Gasteiger partial charge is 0.0846 e. The fraction of sp³-hybridized carbons (Fsp3) is 0.667. The van der Waals surface area contributed by atoms with Gasteiger partial charge in [0, 0.05) is 16.5 Å². The Labute approximate surface area is 111 Å². The molecule has 0 aliphatic heterocycles. The van der Waals surface area contributed by atoms with E-state index in [1.54, 1.807) is 11.3 Å². The number of hydrogen-bond donors (Lipinski definition) is 1. The van der Waals surface area contributed by atoms with Crippen LogP contribution in [0.1, 0.15) is 38.8 Å². The Kier molecular flexibility index (Phi) is 5.44. The minimum absolute atomic E-state index is 0.160. The molecule has 0 fully saturated rings. The van der Waals surface area contributed by atoms with Crippen molar-refractivity contribution in [3.8, 4) is 0 Å². The molecular formula is C12H20BrNOS. The first-order chi connectivity index (χ1) is 7.59. The van der Waals surface area contributed by atoms with Crippen molar-refractivity contribution in [2.45, 2.75) is 38.8 Å². The molecule has 2 nitrogen and oxygen atoms in total. The molecule has 0 radical (unpaired) electrons. The molecule has 0 aliphatic carbocycles. The van der Waals surface area contributed by atoms with Gasteiger partial charge in [0.05, 0.1) is 11.6 Å². The first kappa shape index (κ1) is 14.2. The van der Waals surface area contributed by atoms with E-state index in [0.29, 0.717) is 0 Å². The van der Waals surface area contributed by atoms with Crippen molar-refractivity contribution in [2.24, 2.45) is 0 Å². The van der Waals surface area contributed by atoms with Crippen LogP contribution in [0.25, 0.3) is 0 Å². The molecule has 0 aromatic carbocycles. The highest BCUT2D eigenvalue weighted by Crippen LogP contribution is 2.37. The summed E-state index contributed by atoms with van der Waals surface area (Å²) in [6.45, 7) is 7.12. The summed E-state index contributed by atoms with van der Waals surface area (Å²) in [5.41, 5.74) is 1.12. The Hall–Kier alpha value is 0.100. The summed E-state index contributed by atoms with van der Waals surface area (Å²) in [6, 6.07) is 0.220. The summed E-state index contributed by atoms with van der Waals surface area (Å²) in [7, 11) is 1.99. The number of nitrogens with one attached hydrogen (secondary N) is 1. The van der Waals surface area contributed by atoms with Crippen LogP contribution in [0.5, 0.6) is 0 Å². The van der Waals surface area contributed by atoms with E-state index >= 15 is 0 Å². The highest BCUT2D eigenvalue weighted by Gasteiger charge is 2.34. The Balaban J connectivity index is 3.00. The summed E-state index contributed by atoms with van der Waals surface area (Å²) in [4.78, 5) is 0. The lowest BCUT2D eigenvalue weighted by Crippen LogP contribution is -2.42. The van der Waals surface area contributed by atoms with Crippen LogP contribution < -0.4 is 5.32 Å². The molecule has 0 bridgehead atoms. The van der Waals surface area contributed by atoms with Gasteiger partial charge in [-0.2, -0.15) is 11.3 Å². The van der Waals surface area contributed by atoms with Crippen molar-refractivity contribution in [1.82, 2.24) is 5.32 Å². The minimum Gasteiger partial charge on any atom is -0.374 e. The fourth-order valence-corrected chi connectivity index (χ4v) is 3.56. The second kappa shape index (κ2) is 6.15.